The summed E-state index contributed by atoms with van der Waals surface area (Å²) >= 11 is 0. The molecule has 0 bridgehead atoms. The maximum Gasteiger partial charge on any atom is 0.256 e. The molecule has 0 radical (unpaired) electrons. The van der Waals surface area contributed by atoms with Crippen LogP contribution in [0, 0.1) is 0 Å². The van der Waals surface area contributed by atoms with Crippen molar-refractivity contribution in [3.63, 3.8) is 0 Å². The van der Waals surface area contributed by atoms with Gasteiger partial charge < -0.3 is 15.2 Å². The summed E-state index contributed by atoms with van der Waals surface area (Å²) in [6.07, 6.45) is 10.4. The Hall–Kier alpha value is -2.33. The lowest BCUT2D eigenvalue weighted by Crippen LogP contribution is -2.13. The van der Waals surface area contributed by atoms with Crippen LogP contribution in [0.5, 0.6) is 0 Å². The van der Waals surface area contributed by atoms with E-state index in [0.29, 0.717) is 0 Å². The van der Waals surface area contributed by atoms with E-state index in [4.69, 9.17) is 0 Å². The summed E-state index contributed by atoms with van der Waals surface area (Å²) in [5.74, 6) is 0.000218. The van der Waals surface area contributed by atoms with E-state index in [9.17, 15) is 4.79 Å². The summed E-state index contributed by atoms with van der Waals surface area (Å²) in [7, 11) is 4.25. The minimum Gasteiger partial charge on any atom is -0.358 e. The molecular formula is C23H29N3O. The summed E-state index contributed by atoms with van der Waals surface area (Å²) in [4.78, 5) is 18.5. The number of aryl methyl sites for hydroxylation is 1. The summed E-state index contributed by atoms with van der Waals surface area (Å²) in [5, 5.41) is 2.99. The number of anilines is 1. The Bertz CT molecular complexity index is 876. The Labute approximate surface area is 161 Å². The molecule has 0 atom stereocenters. The quantitative estimate of drug-likeness (QED) is 0.616. The number of amides is 1. The molecule has 0 unspecified atom stereocenters. The van der Waals surface area contributed by atoms with Gasteiger partial charge in [-0.05, 0) is 82.4 Å². The van der Waals surface area contributed by atoms with Gasteiger partial charge in [-0.1, -0.05) is 24.6 Å². The highest BCUT2D eigenvalue weighted by molar-refractivity contribution is 6.34. The smallest absolute Gasteiger partial charge is 0.256 e. The number of H-pyrrole nitrogens is 1. The lowest BCUT2D eigenvalue weighted by molar-refractivity contribution is -0.110. The van der Waals surface area contributed by atoms with Gasteiger partial charge in [-0.2, -0.15) is 0 Å². The SMILES string of the molecule is CN(C)CCCc1c(C=C2C(=O)Nc3ccccc32)[nH]c2c1CCCCC2. The van der Waals surface area contributed by atoms with E-state index in [1.165, 1.54) is 36.1 Å². The van der Waals surface area contributed by atoms with E-state index < -0.39 is 0 Å². The van der Waals surface area contributed by atoms with Crippen LogP contribution < -0.4 is 5.32 Å². The minimum absolute atomic E-state index is 0.000218. The first-order valence-corrected chi connectivity index (χ1v) is 10.1. The zero-order valence-electron chi connectivity index (χ0n) is 16.4. The second kappa shape index (κ2) is 7.73. The molecule has 4 heteroatoms. The molecule has 1 aliphatic carbocycles. The number of carbonyl (C=O) groups excluding carboxylic acids is 1. The molecule has 2 aliphatic rings. The van der Waals surface area contributed by atoms with Gasteiger partial charge in [-0.15, -0.1) is 0 Å². The molecule has 2 aromatic rings. The number of hydrogen-bond donors (Lipinski definition) is 2. The molecule has 0 saturated heterocycles. The van der Waals surface area contributed by atoms with Crippen molar-refractivity contribution in [3.8, 4) is 0 Å². The van der Waals surface area contributed by atoms with Crippen molar-refractivity contribution in [2.75, 3.05) is 26.0 Å². The third-order valence-corrected chi connectivity index (χ3v) is 5.72. The van der Waals surface area contributed by atoms with Crippen molar-refractivity contribution in [1.82, 2.24) is 9.88 Å². The van der Waals surface area contributed by atoms with Gasteiger partial charge in [-0.3, -0.25) is 4.79 Å². The highest BCUT2D eigenvalue weighted by Gasteiger charge is 2.25. The number of fused-ring (bicyclic) bond motifs is 2. The van der Waals surface area contributed by atoms with Crippen molar-refractivity contribution in [3.05, 3.63) is 52.3 Å². The van der Waals surface area contributed by atoms with Crippen LogP contribution in [0.2, 0.25) is 0 Å². The van der Waals surface area contributed by atoms with E-state index in [-0.39, 0.29) is 5.91 Å². The van der Waals surface area contributed by atoms with E-state index in [0.717, 1.165) is 54.7 Å². The van der Waals surface area contributed by atoms with E-state index in [1.54, 1.807) is 0 Å². The topological polar surface area (TPSA) is 48.1 Å². The van der Waals surface area contributed by atoms with Crippen LogP contribution in [0.4, 0.5) is 5.69 Å². The van der Waals surface area contributed by atoms with Crippen molar-refractivity contribution in [2.24, 2.45) is 0 Å². The van der Waals surface area contributed by atoms with Gasteiger partial charge in [0.05, 0.1) is 5.57 Å². The number of carbonyl (C=O) groups is 1. The Balaban J connectivity index is 1.72. The molecule has 4 rings (SSSR count). The Kier molecular flexibility index (Phi) is 5.17. The number of hydrogen-bond acceptors (Lipinski definition) is 2. The fourth-order valence-corrected chi connectivity index (χ4v) is 4.36. The van der Waals surface area contributed by atoms with Gasteiger partial charge in [-0.25, -0.2) is 0 Å². The molecule has 0 spiro atoms. The van der Waals surface area contributed by atoms with Crippen LogP contribution in [-0.2, 0) is 24.1 Å². The number of benzene rings is 1. The van der Waals surface area contributed by atoms with E-state index in [2.05, 4.69) is 35.4 Å². The van der Waals surface area contributed by atoms with Crippen LogP contribution in [0.25, 0.3) is 11.6 Å². The number of para-hydroxylation sites is 1. The molecule has 4 nitrogen and oxygen atoms in total. The van der Waals surface area contributed by atoms with Crippen molar-refractivity contribution < 1.29 is 4.79 Å². The first-order chi connectivity index (χ1) is 13.1. The molecule has 2 N–H and O–H groups in total. The molecule has 1 aromatic carbocycles. The molecule has 1 aromatic heterocycles. The first kappa shape index (κ1) is 18.1. The number of nitrogens with zero attached hydrogens (tertiary/aromatic N) is 1. The monoisotopic (exact) mass is 363 g/mol. The molecule has 1 amide bonds. The van der Waals surface area contributed by atoms with Gasteiger partial charge in [0.1, 0.15) is 0 Å². The summed E-state index contributed by atoms with van der Waals surface area (Å²) < 4.78 is 0. The number of nitrogens with one attached hydrogen (secondary N) is 2. The summed E-state index contributed by atoms with van der Waals surface area (Å²) in [6.45, 7) is 1.08. The van der Waals surface area contributed by atoms with Gasteiger partial charge in [0, 0.05) is 22.6 Å². The second-order valence-electron chi connectivity index (χ2n) is 8.00. The van der Waals surface area contributed by atoms with E-state index in [1.807, 2.05) is 24.3 Å². The number of rotatable bonds is 5. The van der Waals surface area contributed by atoms with Crippen molar-refractivity contribution in [2.45, 2.75) is 44.9 Å². The Morgan fingerprint density at radius 1 is 1.11 bits per heavy atom. The van der Waals surface area contributed by atoms with Crippen molar-refractivity contribution >= 4 is 23.2 Å². The lowest BCUT2D eigenvalue weighted by atomic mass is 9.98. The van der Waals surface area contributed by atoms with Gasteiger partial charge in [0.15, 0.2) is 0 Å². The number of aromatic amines is 1. The largest absolute Gasteiger partial charge is 0.358 e. The average Bonchev–Trinajstić information content (AvgIpc) is 3.02. The normalized spacial score (nSPS) is 17.7. The van der Waals surface area contributed by atoms with Crippen LogP contribution in [0.3, 0.4) is 0 Å². The Morgan fingerprint density at radius 2 is 1.93 bits per heavy atom. The zero-order valence-corrected chi connectivity index (χ0v) is 16.4. The summed E-state index contributed by atoms with van der Waals surface area (Å²) in [5.41, 5.74) is 8.18. The fraction of sp³-hybridized carbons (Fsp3) is 0.435. The third-order valence-electron chi connectivity index (χ3n) is 5.72. The Morgan fingerprint density at radius 3 is 2.78 bits per heavy atom. The van der Waals surface area contributed by atoms with Crippen LogP contribution >= 0.6 is 0 Å². The second-order valence-corrected chi connectivity index (χ2v) is 8.00. The van der Waals surface area contributed by atoms with Gasteiger partial charge in [0.2, 0.25) is 0 Å². The molecular weight excluding hydrogens is 334 g/mol. The molecule has 0 fully saturated rings. The van der Waals surface area contributed by atoms with Crippen LogP contribution in [-0.4, -0.2) is 36.4 Å². The first-order valence-electron chi connectivity index (χ1n) is 10.1. The molecule has 2 heterocycles. The van der Waals surface area contributed by atoms with Crippen molar-refractivity contribution in [1.29, 1.82) is 0 Å². The zero-order chi connectivity index (χ0) is 18.8. The fourth-order valence-electron chi connectivity index (χ4n) is 4.36. The maximum absolute atomic E-state index is 12.5. The molecule has 142 valence electrons. The average molecular weight is 364 g/mol. The standard InChI is InChI=1S/C23H29N3O/c1-26(2)14-8-11-17-16-9-4-3-5-12-20(16)24-22(17)15-19-18-10-6-7-13-21(18)25-23(19)27/h6-7,10,13,15,24H,3-5,8-9,11-12,14H2,1-2H3,(H,25,27). The van der Waals surface area contributed by atoms with E-state index >= 15 is 0 Å². The minimum atomic E-state index is 0.000218. The van der Waals surface area contributed by atoms with Gasteiger partial charge in [0.25, 0.3) is 5.91 Å². The van der Waals surface area contributed by atoms with Gasteiger partial charge >= 0.3 is 0 Å². The highest BCUT2D eigenvalue weighted by Crippen LogP contribution is 2.35. The molecule has 1 aliphatic heterocycles. The van der Waals surface area contributed by atoms with Crippen LogP contribution in [0.15, 0.2) is 24.3 Å². The molecule has 27 heavy (non-hydrogen) atoms. The number of aromatic nitrogens is 1. The highest BCUT2D eigenvalue weighted by atomic mass is 16.2. The predicted octanol–water partition coefficient (Wildman–Crippen LogP) is 4.27. The molecule has 0 saturated carbocycles. The third kappa shape index (κ3) is 3.72. The maximum atomic E-state index is 12.5. The van der Waals surface area contributed by atoms with Crippen LogP contribution in [0.1, 0.15) is 53.8 Å². The lowest BCUT2D eigenvalue weighted by Gasteiger charge is -2.11. The predicted molar refractivity (Wildman–Crippen MR) is 112 cm³/mol. The summed E-state index contributed by atoms with van der Waals surface area (Å²) in [6, 6.07) is 7.95.